The second-order valence-electron chi connectivity index (χ2n) is 2.68. The van der Waals surface area contributed by atoms with E-state index in [4.69, 9.17) is 9.84 Å². The molecule has 1 unspecified atom stereocenters. The van der Waals surface area contributed by atoms with E-state index < -0.39 is 28.5 Å². The van der Waals surface area contributed by atoms with E-state index >= 15 is 0 Å². The van der Waals surface area contributed by atoms with Crippen molar-refractivity contribution in [3.8, 4) is 0 Å². The summed E-state index contributed by atoms with van der Waals surface area (Å²) in [6.07, 6.45) is -4.40. The Morgan fingerprint density at radius 2 is 1.67 bits per heavy atom. The fraction of sp³-hybridized carbons (Fsp3) is 1.00. The normalized spacial score (nSPS) is 49.2. The fourth-order valence-corrected chi connectivity index (χ4v) is 1.86. The van der Waals surface area contributed by atoms with E-state index in [9.17, 15) is 15.3 Å². The van der Waals surface area contributed by atoms with Crippen LogP contribution in [0.25, 0.3) is 0 Å². The third kappa shape index (κ3) is 1.88. The van der Waals surface area contributed by atoms with Gasteiger partial charge >= 0.3 is 0 Å². The van der Waals surface area contributed by atoms with Gasteiger partial charge in [-0.3, -0.25) is 0 Å². The third-order valence-electron chi connectivity index (χ3n) is 1.83. The van der Waals surface area contributed by atoms with Crippen molar-refractivity contribution in [2.24, 2.45) is 0 Å². The van der Waals surface area contributed by atoms with Crippen molar-refractivity contribution >= 4 is 22.6 Å². The number of hydrogen-bond donors (Lipinski definition) is 4. The highest BCUT2D eigenvalue weighted by atomic mass is 124. The Bertz CT molecular complexity index is 150. The number of aliphatic hydroxyl groups excluding tert-OH is 4. The summed E-state index contributed by atoms with van der Waals surface area (Å²) in [5, 5.41) is 36.4. The number of ether oxygens (including phenoxy) is 1. The molecule has 1 aliphatic rings. The highest BCUT2D eigenvalue weighted by Crippen LogP contribution is 2.24. The molecule has 0 aromatic carbocycles. The van der Waals surface area contributed by atoms with Crippen LogP contribution in [0.5, 0.6) is 0 Å². The van der Waals surface area contributed by atoms with Crippen molar-refractivity contribution in [3.63, 3.8) is 0 Å². The van der Waals surface area contributed by atoms with Crippen molar-refractivity contribution in [2.45, 2.75) is 28.5 Å². The average molecular weight is 287 g/mol. The Hall–Kier alpha value is 0.530. The van der Waals surface area contributed by atoms with E-state index in [2.05, 4.69) is 0 Å². The summed E-state index contributed by atoms with van der Waals surface area (Å²) in [6.45, 7) is -0.371. The van der Waals surface area contributed by atoms with Gasteiger partial charge in [0.2, 0.25) is 0 Å². The first-order valence-electron chi connectivity index (χ1n) is 3.52. The number of aliphatic hydroxyl groups is 4. The lowest BCUT2D eigenvalue weighted by Crippen LogP contribution is -2.56. The van der Waals surface area contributed by atoms with Crippen LogP contribution in [0, 0.1) is 0 Å². The molecular formula is C6H11IO5. The molecule has 0 aromatic heterocycles. The molecule has 1 saturated heterocycles. The van der Waals surface area contributed by atoms with Gasteiger partial charge in [-0.2, -0.15) is 0 Å². The van der Waals surface area contributed by atoms with Gasteiger partial charge in [-0.15, -0.1) is 0 Å². The van der Waals surface area contributed by atoms with Crippen LogP contribution in [0.3, 0.4) is 0 Å². The predicted molar refractivity (Wildman–Crippen MR) is 47.8 cm³/mol. The van der Waals surface area contributed by atoms with Gasteiger partial charge in [-0.1, -0.05) is 0 Å². The van der Waals surface area contributed by atoms with Crippen LogP contribution in [0.4, 0.5) is 0 Å². The first-order chi connectivity index (χ1) is 5.57. The lowest BCUT2D eigenvalue weighted by Gasteiger charge is -2.37. The molecule has 1 heterocycles. The van der Waals surface area contributed by atoms with Crippen LogP contribution in [-0.4, -0.2) is 55.6 Å². The van der Waals surface area contributed by atoms with Gasteiger partial charge in [0, 0.05) is 0 Å². The van der Waals surface area contributed by atoms with Gasteiger partial charge in [0.15, 0.2) is 0 Å². The molecular weight excluding hydrogens is 276 g/mol. The molecule has 1 fully saturated rings. The van der Waals surface area contributed by atoms with E-state index in [0.29, 0.717) is 0 Å². The van der Waals surface area contributed by atoms with Crippen molar-refractivity contribution in [1.82, 2.24) is 0 Å². The first-order valence-corrected chi connectivity index (χ1v) is 4.77. The molecule has 0 aliphatic carbocycles. The van der Waals surface area contributed by atoms with Crippen molar-refractivity contribution in [1.29, 1.82) is 0 Å². The SMILES string of the molecule is OC[C@H]1OC([124I])[C@H](O)[C@@H](O)[C@H]1O. The number of alkyl halides is 1. The van der Waals surface area contributed by atoms with Crippen LogP contribution in [-0.2, 0) is 4.74 Å². The molecule has 0 saturated carbocycles. The van der Waals surface area contributed by atoms with Crippen molar-refractivity contribution in [3.05, 3.63) is 0 Å². The zero-order valence-corrected chi connectivity index (χ0v) is 8.33. The minimum absolute atomic E-state index is 0.371. The second-order valence-corrected chi connectivity index (χ2v) is 3.91. The molecule has 5 nitrogen and oxygen atoms in total. The molecule has 1 rings (SSSR count). The van der Waals surface area contributed by atoms with Crippen LogP contribution >= 0.6 is 22.6 Å². The minimum Gasteiger partial charge on any atom is -0.394 e. The molecule has 0 bridgehead atoms. The van der Waals surface area contributed by atoms with Gasteiger partial charge < -0.3 is 25.2 Å². The van der Waals surface area contributed by atoms with E-state index in [0.717, 1.165) is 0 Å². The Balaban J connectivity index is 2.63. The van der Waals surface area contributed by atoms with E-state index in [-0.39, 0.29) is 6.61 Å². The molecule has 0 amide bonds. The summed E-state index contributed by atoms with van der Waals surface area (Å²) >= 11 is 1.79. The lowest BCUT2D eigenvalue weighted by atomic mass is 10.0. The summed E-state index contributed by atoms with van der Waals surface area (Å²) in [5.41, 5.74) is 0. The topological polar surface area (TPSA) is 90.2 Å². The van der Waals surface area contributed by atoms with Crippen molar-refractivity contribution < 1.29 is 25.2 Å². The molecule has 4 N–H and O–H groups in total. The maximum atomic E-state index is 9.23. The quantitative estimate of drug-likeness (QED) is 0.338. The number of hydrogen-bond acceptors (Lipinski definition) is 5. The van der Waals surface area contributed by atoms with Crippen LogP contribution in [0.15, 0.2) is 0 Å². The standard InChI is InChI=1S/C6H11IO5/c7-6-5(11)4(10)3(9)2(1-8)12-6/h2-6,8-11H,1H2/t2-,3+,4+,5-,6?/m1/s1/i7-3. The molecule has 0 spiro atoms. The smallest absolute Gasteiger partial charge is 0.137 e. The Labute approximate surface area is 83.1 Å². The van der Waals surface area contributed by atoms with Crippen molar-refractivity contribution in [2.75, 3.05) is 6.61 Å². The van der Waals surface area contributed by atoms with E-state index in [1.165, 1.54) is 0 Å². The molecule has 0 radical (unpaired) electrons. The lowest BCUT2D eigenvalue weighted by molar-refractivity contribution is -0.201. The minimum atomic E-state index is -1.25. The zero-order valence-electron chi connectivity index (χ0n) is 6.17. The molecule has 0 aromatic rings. The maximum Gasteiger partial charge on any atom is 0.137 e. The van der Waals surface area contributed by atoms with E-state index in [1.54, 1.807) is 22.6 Å². The summed E-state index contributed by atoms with van der Waals surface area (Å²) in [5.74, 6) is 0. The van der Waals surface area contributed by atoms with Gasteiger partial charge in [0.25, 0.3) is 0 Å². The first kappa shape index (κ1) is 10.6. The molecule has 5 atom stereocenters. The molecule has 12 heavy (non-hydrogen) atoms. The summed E-state index contributed by atoms with van der Waals surface area (Å²) in [7, 11) is 0. The summed E-state index contributed by atoms with van der Waals surface area (Å²) < 4.78 is 4.41. The zero-order chi connectivity index (χ0) is 9.30. The number of rotatable bonds is 1. The van der Waals surface area contributed by atoms with Crippen LogP contribution < -0.4 is 0 Å². The predicted octanol–water partition coefficient (Wildman–Crippen LogP) is -1.78. The third-order valence-corrected chi connectivity index (χ3v) is 2.86. The highest BCUT2D eigenvalue weighted by Gasteiger charge is 2.42. The molecule has 6 heteroatoms. The van der Waals surface area contributed by atoms with Gasteiger partial charge in [-0.05, 0) is 22.6 Å². The summed E-state index contributed by atoms with van der Waals surface area (Å²) in [6, 6.07) is 0. The Morgan fingerprint density at radius 1 is 1.08 bits per heavy atom. The fourth-order valence-electron chi connectivity index (χ4n) is 1.06. The van der Waals surface area contributed by atoms with Gasteiger partial charge in [-0.25, -0.2) is 0 Å². The largest absolute Gasteiger partial charge is 0.394 e. The monoisotopic (exact) mass is 287 g/mol. The highest BCUT2D eigenvalue weighted by molar-refractivity contribution is 14.1. The summed E-state index contributed by atoms with van der Waals surface area (Å²) in [4.78, 5) is 0. The maximum absolute atomic E-state index is 9.23. The van der Waals surface area contributed by atoms with Gasteiger partial charge in [0.1, 0.15) is 28.5 Å². The second kappa shape index (κ2) is 4.16. The molecule has 72 valence electrons. The number of halogens is 1. The average Bonchev–Trinajstić information content (AvgIpc) is 2.08. The van der Waals surface area contributed by atoms with Crippen LogP contribution in [0.2, 0.25) is 0 Å². The molecule has 1 aliphatic heterocycles. The van der Waals surface area contributed by atoms with Gasteiger partial charge in [0.05, 0.1) is 6.61 Å². The Morgan fingerprint density at radius 3 is 2.17 bits per heavy atom. The van der Waals surface area contributed by atoms with E-state index in [1.807, 2.05) is 0 Å². The van der Waals surface area contributed by atoms with Crippen LogP contribution in [0.1, 0.15) is 0 Å². The Kier molecular flexibility index (Phi) is 3.68.